The van der Waals surface area contributed by atoms with E-state index in [1.54, 1.807) is 0 Å². The molecule has 0 aliphatic rings. The molecule has 0 saturated carbocycles. The van der Waals surface area contributed by atoms with Crippen LogP contribution in [0, 0.1) is 0 Å². The summed E-state index contributed by atoms with van der Waals surface area (Å²) in [5.41, 5.74) is 1.23. The molecular formula is C13H10BF3KN3. The molecule has 21 heavy (non-hydrogen) atoms. The van der Waals surface area contributed by atoms with E-state index < -0.39 is 13.4 Å². The van der Waals surface area contributed by atoms with Crippen molar-refractivity contribution in [1.82, 2.24) is 15.0 Å². The minimum Gasteiger partial charge on any atom is -0.448 e. The van der Waals surface area contributed by atoms with E-state index in [2.05, 4.69) is 10.3 Å². The minimum absolute atomic E-state index is 0. The molecule has 1 heterocycles. The van der Waals surface area contributed by atoms with Gasteiger partial charge in [-0.2, -0.15) is 0 Å². The van der Waals surface area contributed by atoms with Crippen molar-refractivity contribution >= 4 is 17.7 Å². The SMILES string of the molecule is F[B-](F)(F)Cn1cc(-c2cccc3ccccc23)nn1.[K+]. The smallest absolute Gasteiger partial charge is 0.448 e. The first kappa shape index (κ1) is 16.7. The Morgan fingerprint density at radius 3 is 2.48 bits per heavy atom. The van der Waals surface area contributed by atoms with E-state index in [9.17, 15) is 12.9 Å². The Hall–Kier alpha value is -0.669. The van der Waals surface area contributed by atoms with Crippen LogP contribution in [0.5, 0.6) is 0 Å². The van der Waals surface area contributed by atoms with Crippen LogP contribution in [-0.2, 0) is 6.44 Å². The summed E-state index contributed by atoms with van der Waals surface area (Å²) >= 11 is 0. The third-order valence-corrected chi connectivity index (χ3v) is 3.00. The maximum absolute atomic E-state index is 12.4. The van der Waals surface area contributed by atoms with Crippen molar-refractivity contribution in [3.8, 4) is 11.3 Å². The van der Waals surface area contributed by atoms with E-state index in [-0.39, 0.29) is 51.4 Å². The molecular weight excluding hydrogens is 305 g/mol. The number of aromatic nitrogens is 3. The molecule has 3 aromatic rings. The van der Waals surface area contributed by atoms with E-state index in [0.717, 1.165) is 21.0 Å². The fraction of sp³-hybridized carbons (Fsp3) is 0.0769. The van der Waals surface area contributed by atoms with E-state index in [0.29, 0.717) is 5.69 Å². The van der Waals surface area contributed by atoms with Crippen LogP contribution in [0.2, 0.25) is 0 Å². The van der Waals surface area contributed by atoms with Crippen LogP contribution in [0.25, 0.3) is 22.0 Å². The monoisotopic (exact) mass is 315 g/mol. The summed E-state index contributed by atoms with van der Waals surface area (Å²) in [5, 5.41) is 9.35. The summed E-state index contributed by atoms with van der Waals surface area (Å²) in [6.45, 7) is -4.92. The van der Waals surface area contributed by atoms with Crippen molar-refractivity contribution in [2.24, 2.45) is 0 Å². The molecule has 0 bridgehead atoms. The van der Waals surface area contributed by atoms with Crippen LogP contribution in [0.3, 0.4) is 0 Å². The van der Waals surface area contributed by atoms with Gasteiger partial charge in [0.25, 0.3) is 0 Å². The van der Waals surface area contributed by atoms with Crippen LogP contribution >= 0.6 is 0 Å². The number of nitrogens with zero attached hydrogens (tertiary/aromatic N) is 3. The minimum atomic E-state index is -4.92. The number of halogens is 3. The first-order chi connectivity index (χ1) is 9.53. The number of hydrogen-bond donors (Lipinski definition) is 0. The van der Waals surface area contributed by atoms with Crippen molar-refractivity contribution in [3.63, 3.8) is 0 Å². The Morgan fingerprint density at radius 2 is 1.71 bits per heavy atom. The summed E-state index contributed by atoms with van der Waals surface area (Å²) < 4.78 is 38.0. The molecule has 0 aliphatic carbocycles. The average Bonchev–Trinajstić information content (AvgIpc) is 2.84. The molecule has 102 valence electrons. The van der Waals surface area contributed by atoms with Crippen LogP contribution < -0.4 is 51.4 Å². The first-order valence-electron chi connectivity index (χ1n) is 6.12. The molecule has 3 rings (SSSR count). The number of hydrogen-bond acceptors (Lipinski definition) is 2. The normalized spacial score (nSPS) is 11.4. The molecule has 1 aromatic heterocycles. The summed E-state index contributed by atoms with van der Waals surface area (Å²) in [7, 11) is 0. The Labute approximate surface area is 162 Å². The maximum Gasteiger partial charge on any atom is 1.00 e. The van der Waals surface area contributed by atoms with Gasteiger partial charge in [0, 0.05) is 18.2 Å². The Kier molecular flexibility index (Phi) is 5.26. The summed E-state index contributed by atoms with van der Waals surface area (Å²) in [4.78, 5) is 0. The van der Waals surface area contributed by atoms with Gasteiger partial charge in [0.15, 0.2) is 0 Å². The molecule has 0 aliphatic heterocycles. The zero-order chi connectivity index (χ0) is 14.2. The van der Waals surface area contributed by atoms with E-state index in [1.807, 2.05) is 42.5 Å². The van der Waals surface area contributed by atoms with Crippen LogP contribution in [0.4, 0.5) is 12.9 Å². The number of benzene rings is 2. The predicted octanol–water partition coefficient (Wildman–Crippen LogP) is 0.489. The molecule has 0 amide bonds. The number of fused-ring (bicyclic) bond motifs is 1. The zero-order valence-electron chi connectivity index (χ0n) is 11.4. The molecule has 3 nitrogen and oxygen atoms in total. The fourth-order valence-corrected chi connectivity index (χ4v) is 2.17. The topological polar surface area (TPSA) is 30.7 Å². The Bertz CT molecular complexity index is 752. The molecule has 0 saturated heterocycles. The standard InChI is InChI=1S/C13H10BF3N3.K/c15-14(16,17)9-20-8-13(18-19-20)12-7-3-5-10-4-1-2-6-11(10)12;/h1-8H,9H2;/q-1;+1. The van der Waals surface area contributed by atoms with Gasteiger partial charge >= 0.3 is 58.4 Å². The Morgan fingerprint density at radius 1 is 1.00 bits per heavy atom. The van der Waals surface area contributed by atoms with E-state index >= 15 is 0 Å². The van der Waals surface area contributed by atoms with E-state index in [1.165, 1.54) is 6.20 Å². The van der Waals surface area contributed by atoms with Gasteiger partial charge < -0.3 is 12.9 Å². The molecule has 8 heteroatoms. The molecule has 0 spiro atoms. The van der Waals surface area contributed by atoms with Crippen molar-refractivity contribution in [1.29, 1.82) is 0 Å². The van der Waals surface area contributed by atoms with Gasteiger partial charge in [0.1, 0.15) is 5.69 Å². The van der Waals surface area contributed by atoms with Crippen LogP contribution in [-0.4, -0.2) is 22.0 Å². The van der Waals surface area contributed by atoms with Gasteiger partial charge in [-0.05, 0) is 10.8 Å². The fourth-order valence-electron chi connectivity index (χ4n) is 2.17. The van der Waals surface area contributed by atoms with Gasteiger partial charge in [-0.15, -0.1) is 5.10 Å². The van der Waals surface area contributed by atoms with Gasteiger partial charge in [-0.25, -0.2) is 0 Å². The van der Waals surface area contributed by atoms with Gasteiger partial charge in [0.05, 0.1) is 0 Å². The van der Waals surface area contributed by atoms with Crippen LogP contribution in [0.15, 0.2) is 48.7 Å². The molecule has 0 unspecified atom stereocenters. The summed E-state index contributed by atoms with van der Waals surface area (Å²) in [5.74, 6) is 0. The van der Waals surface area contributed by atoms with Crippen molar-refractivity contribution in [3.05, 3.63) is 48.7 Å². The number of rotatable bonds is 3. The Balaban J connectivity index is 0.00000161. The maximum atomic E-state index is 12.4. The second-order valence-electron chi connectivity index (χ2n) is 4.56. The molecule has 0 atom stereocenters. The predicted molar refractivity (Wildman–Crippen MR) is 72.0 cm³/mol. The van der Waals surface area contributed by atoms with Crippen molar-refractivity contribution < 1.29 is 64.3 Å². The summed E-state index contributed by atoms with van der Waals surface area (Å²) in [6.07, 6.45) is 0.259. The van der Waals surface area contributed by atoms with E-state index in [4.69, 9.17) is 0 Å². The van der Waals surface area contributed by atoms with Gasteiger partial charge in [-0.1, -0.05) is 47.7 Å². The second-order valence-corrected chi connectivity index (χ2v) is 4.56. The first-order valence-corrected chi connectivity index (χ1v) is 6.12. The molecule has 0 radical (unpaired) electrons. The second kappa shape index (κ2) is 6.62. The molecule has 0 N–H and O–H groups in total. The average molecular weight is 315 g/mol. The molecule has 2 aromatic carbocycles. The largest absolute Gasteiger partial charge is 1.00 e. The van der Waals surface area contributed by atoms with Gasteiger partial charge in [-0.3, -0.25) is 4.68 Å². The van der Waals surface area contributed by atoms with Crippen LogP contribution in [0.1, 0.15) is 0 Å². The quantitative estimate of drug-likeness (QED) is 0.659. The zero-order valence-corrected chi connectivity index (χ0v) is 14.5. The van der Waals surface area contributed by atoms with Crippen molar-refractivity contribution in [2.75, 3.05) is 0 Å². The molecule has 0 fully saturated rings. The third kappa shape index (κ3) is 3.95. The van der Waals surface area contributed by atoms with Gasteiger partial charge in [0.2, 0.25) is 0 Å². The summed E-state index contributed by atoms with van der Waals surface area (Å²) in [6, 6.07) is 13.3. The van der Waals surface area contributed by atoms with Crippen molar-refractivity contribution in [2.45, 2.75) is 6.44 Å². The third-order valence-electron chi connectivity index (χ3n) is 3.00.